The molecule has 1 aromatic heterocycles. The van der Waals surface area contributed by atoms with Crippen LogP contribution in [0.25, 0.3) is 5.69 Å². The summed E-state index contributed by atoms with van der Waals surface area (Å²) in [5.74, 6) is -0.630. The van der Waals surface area contributed by atoms with Gasteiger partial charge in [0.1, 0.15) is 5.69 Å². The van der Waals surface area contributed by atoms with E-state index in [0.717, 1.165) is 10.7 Å². The van der Waals surface area contributed by atoms with Gasteiger partial charge in [0.05, 0.1) is 0 Å². The molecule has 0 spiro atoms. The molecule has 0 bridgehead atoms. The highest BCUT2D eigenvalue weighted by Gasteiger charge is 2.17. The van der Waals surface area contributed by atoms with Crippen LogP contribution in [0.5, 0.6) is 0 Å². The predicted octanol–water partition coefficient (Wildman–Crippen LogP) is 3.06. The Bertz CT molecular complexity index is 648. The van der Waals surface area contributed by atoms with Crippen molar-refractivity contribution in [1.29, 1.82) is 0 Å². The lowest BCUT2D eigenvalue weighted by molar-refractivity contribution is 0.568. The van der Waals surface area contributed by atoms with Crippen molar-refractivity contribution in [2.24, 2.45) is 0 Å². The summed E-state index contributed by atoms with van der Waals surface area (Å²) in [6.45, 7) is 3.58. The van der Waals surface area contributed by atoms with Crippen LogP contribution in [-0.4, -0.2) is 14.3 Å². The molecule has 0 fully saturated rings. The molecule has 0 radical (unpaired) electrons. The summed E-state index contributed by atoms with van der Waals surface area (Å²) in [4.78, 5) is 12.0. The molecule has 4 nitrogen and oxygen atoms in total. The molecule has 0 aliphatic heterocycles. The molecule has 0 unspecified atom stereocenters. The molecule has 0 saturated heterocycles. The maximum atomic E-state index is 13.7. The quantitative estimate of drug-likeness (QED) is 0.852. The summed E-state index contributed by atoms with van der Waals surface area (Å²) in [7, 11) is 0. The fourth-order valence-corrected chi connectivity index (χ4v) is 2.10. The van der Waals surface area contributed by atoms with E-state index in [1.54, 1.807) is 13.8 Å². The molecule has 18 heavy (non-hydrogen) atoms. The fourth-order valence-electron chi connectivity index (χ4n) is 1.60. The molecule has 7 heteroatoms. The van der Waals surface area contributed by atoms with Gasteiger partial charge < -0.3 is 0 Å². The Hall–Kier alpha value is -1.33. The van der Waals surface area contributed by atoms with Crippen LogP contribution in [0, 0.1) is 5.82 Å². The first-order valence-electron chi connectivity index (χ1n) is 5.24. The molecule has 2 rings (SSSR count). The lowest BCUT2D eigenvalue weighted by Gasteiger charge is -2.04. The summed E-state index contributed by atoms with van der Waals surface area (Å²) < 4.78 is 15.9. The third kappa shape index (κ3) is 2.15. The third-order valence-electron chi connectivity index (χ3n) is 2.42. The van der Waals surface area contributed by atoms with Gasteiger partial charge >= 0.3 is 5.69 Å². The van der Waals surface area contributed by atoms with Gasteiger partial charge in [0.25, 0.3) is 0 Å². The number of aromatic nitrogens is 3. The summed E-state index contributed by atoms with van der Waals surface area (Å²) in [5.41, 5.74) is -0.470. The first-order valence-corrected chi connectivity index (χ1v) is 6.00. The number of hydrogen-bond acceptors (Lipinski definition) is 2. The maximum Gasteiger partial charge on any atom is 0.352 e. The number of nitrogens with zero attached hydrogens (tertiary/aromatic N) is 3. The van der Waals surface area contributed by atoms with Crippen LogP contribution in [0.1, 0.15) is 19.9 Å². The van der Waals surface area contributed by atoms with E-state index in [2.05, 4.69) is 5.10 Å². The first kappa shape index (κ1) is 13.1. The lowest BCUT2D eigenvalue weighted by atomic mass is 10.3. The van der Waals surface area contributed by atoms with Crippen LogP contribution in [0.2, 0.25) is 10.3 Å². The SMILES string of the molecule is CC(C)n1c(Cl)nn(-c2ccc(Cl)cc2F)c1=O. The molecule has 0 amide bonds. The second kappa shape index (κ2) is 4.74. The van der Waals surface area contributed by atoms with Crippen molar-refractivity contribution in [3.05, 3.63) is 44.8 Å². The Kier molecular flexibility index (Phi) is 3.45. The van der Waals surface area contributed by atoms with Crippen LogP contribution in [0.4, 0.5) is 4.39 Å². The third-order valence-corrected chi connectivity index (χ3v) is 2.92. The monoisotopic (exact) mass is 289 g/mol. The average molecular weight is 290 g/mol. The Morgan fingerprint density at radius 2 is 2.00 bits per heavy atom. The van der Waals surface area contributed by atoms with Crippen LogP contribution in [0.3, 0.4) is 0 Å². The second-order valence-corrected chi connectivity index (χ2v) is 4.80. The van der Waals surface area contributed by atoms with Crippen molar-refractivity contribution in [2.75, 3.05) is 0 Å². The van der Waals surface area contributed by atoms with E-state index in [1.165, 1.54) is 16.7 Å². The normalized spacial score (nSPS) is 11.2. The van der Waals surface area contributed by atoms with E-state index >= 15 is 0 Å². The summed E-state index contributed by atoms with van der Waals surface area (Å²) >= 11 is 11.5. The molecular weight excluding hydrogens is 280 g/mol. The van der Waals surface area contributed by atoms with E-state index in [9.17, 15) is 9.18 Å². The first-order chi connectivity index (χ1) is 8.41. The molecule has 0 aliphatic carbocycles. The predicted molar refractivity (Wildman–Crippen MR) is 68.2 cm³/mol. The van der Waals surface area contributed by atoms with E-state index in [1.807, 2.05) is 0 Å². The lowest BCUT2D eigenvalue weighted by Crippen LogP contribution is -2.25. The van der Waals surface area contributed by atoms with E-state index in [0.29, 0.717) is 0 Å². The van der Waals surface area contributed by atoms with Crippen LogP contribution in [-0.2, 0) is 0 Å². The zero-order chi connectivity index (χ0) is 13.4. The van der Waals surface area contributed by atoms with Gasteiger partial charge in [0.15, 0.2) is 5.82 Å². The summed E-state index contributed by atoms with van der Waals surface area (Å²) in [5, 5.41) is 4.11. The van der Waals surface area contributed by atoms with Crippen LogP contribution >= 0.6 is 23.2 Å². The van der Waals surface area contributed by atoms with E-state index in [4.69, 9.17) is 23.2 Å². The van der Waals surface area contributed by atoms with Crippen molar-refractivity contribution >= 4 is 23.2 Å². The molecule has 0 atom stereocenters. The summed E-state index contributed by atoms with van der Waals surface area (Å²) in [6.07, 6.45) is 0. The van der Waals surface area contributed by atoms with Gasteiger partial charge in [-0.25, -0.2) is 9.18 Å². The van der Waals surface area contributed by atoms with E-state index < -0.39 is 11.5 Å². The van der Waals surface area contributed by atoms with Crippen LogP contribution in [0.15, 0.2) is 23.0 Å². The van der Waals surface area contributed by atoms with Gasteiger partial charge in [-0.15, -0.1) is 5.10 Å². The Morgan fingerprint density at radius 1 is 1.33 bits per heavy atom. The molecular formula is C11H10Cl2FN3O. The fraction of sp³-hybridized carbons (Fsp3) is 0.273. The zero-order valence-electron chi connectivity index (χ0n) is 9.69. The number of benzene rings is 1. The van der Waals surface area contributed by atoms with Gasteiger partial charge in [0, 0.05) is 11.1 Å². The Balaban J connectivity index is 2.66. The maximum absolute atomic E-state index is 13.7. The number of halogens is 3. The highest BCUT2D eigenvalue weighted by molar-refractivity contribution is 6.30. The van der Waals surface area contributed by atoms with Gasteiger partial charge in [-0.2, -0.15) is 4.68 Å². The zero-order valence-corrected chi connectivity index (χ0v) is 11.2. The van der Waals surface area contributed by atoms with Crippen LogP contribution < -0.4 is 5.69 Å². The molecule has 96 valence electrons. The van der Waals surface area contributed by atoms with Crippen molar-refractivity contribution in [3.8, 4) is 5.69 Å². The smallest absolute Gasteiger partial charge is 0.263 e. The molecule has 0 N–H and O–H groups in total. The van der Waals surface area contributed by atoms with Gasteiger partial charge in [-0.3, -0.25) is 4.57 Å². The number of rotatable bonds is 2. The van der Waals surface area contributed by atoms with Crippen molar-refractivity contribution in [1.82, 2.24) is 14.3 Å². The summed E-state index contributed by atoms with van der Waals surface area (Å²) in [6, 6.07) is 3.82. The minimum absolute atomic E-state index is 0.0179. The molecule has 0 saturated carbocycles. The van der Waals surface area contributed by atoms with E-state index in [-0.39, 0.29) is 22.0 Å². The van der Waals surface area contributed by atoms with Crippen molar-refractivity contribution < 1.29 is 4.39 Å². The Labute approximate surface area is 113 Å². The Morgan fingerprint density at radius 3 is 2.50 bits per heavy atom. The number of hydrogen-bond donors (Lipinski definition) is 0. The minimum atomic E-state index is -0.630. The highest BCUT2D eigenvalue weighted by atomic mass is 35.5. The standard InChI is InChI=1S/C11H10Cl2FN3O/c1-6(2)16-10(13)15-17(11(16)18)9-4-3-7(12)5-8(9)14/h3-6H,1-2H3. The molecule has 2 aromatic rings. The van der Waals surface area contributed by atoms with Gasteiger partial charge in [-0.1, -0.05) is 11.6 Å². The van der Waals surface area contributed by atoms with Gasteiger partial charge in [0.2, 0.25) is 5.28 Å². The second-order valence-electron chi connectivity index (χ2n) is 4.02. The molecule has 0 aliphatic rings. The van der Waals surface area contributed by atoms with Crippen molar-refractivity contribution in [2.45, 2.75) is 19.9 Å². The van der Waals surface area contributed by atoms with Crippen molar-refractivity contribution in [3.63, 3.8) is 0 Å². The van der Waals surface area contributed by atoms with Gasteiger partial charge in [-0.05, 0) is 43.6 Å². The average Bonchev–Trinajstić information content (AvgIpc) is 2.54. The molecule has 1 heterocycles. The molecule has 1 aromatic carbocycles. The minimum Gasteiger partial charge on any atom is -0.263 e. The largest absolute Gasteiger partial charge is 0.352 e. The highest BCUT2D eigenvalue weighted by Crippen LogP contribution is 2.18. The topological polar surface area (TPSA) is 39.8 Å².